The molecule has 2 aliphatic rings. The lowest BCUT2D eigenvalue weighted by atomic mass is 9.85. The minimum atomic E-state index is 0.0358. The van der Waals surface area contributed by atoms with Gasteiger partial charge in [-0.25, -0.2) is 0 Å². The van der Waals surface area contributed by atoms with Crippen LogP contribution in [0.5, 0.6) is 0 Å². The molecule has 0 aromatic heterocycles. The highest BCUT2D eigenvalue weighted by molar-refractivity contribution is 5.98. The first-order chi connectivity index (χ1) is 8.09. The van der Waals surface area contributed by atoms with Crippen molar-refractivity contribution in [3.05, 3.63) is 0 Å². The summed E-state index contributed by atoms with van der Waals surface area (Å²) in [6, 6.07) is 0.0943. The van der Waals surface area contributed by atoms with Crippen LogP contribution in [-0.2, 0) is 9.59 Å². The Labute approximate surface area is 103 Å². The van der Waals surface area contributed by atoms with E-state index in [-0.39, 0.29) is 23.8 Å². The number of rotatable bonds is 2. The zero-order chi connectivity index (χ0) is 12.4. The largest absolute Gasteiger partial charge is 0.315 e. The van der Waals surface area contributed by atoms with Crippen molar-refractivity contribution >= 4 is 11.8 Å². The van der Waals surface area contributed by atoms with Crippen LogP contribution in [0.15, 0.2) is 0 Å². The van der Waals surface area contributed by atoms with Gasteiger partial charge in [0, 0.05) is 19.4 Å². The highest BCUT2D eigenvalue weighted by Crippen LogP contribution is 2.28. The fourth-order valence-electron chi connectivity index (χ4n) is 2.79. The van der Waals surface area contributed by atoms with Gasteiger partial charge in [0.2, 0.25) is 11.8 Å². The Morgan fingerprint density at radius 3 is 2.35 bits per heavy atom. The fraction of sp³-hybridized carbons (Fsp3) is 0.846. The summed E-state index contributed by atoms with van der Waals surface area (Å²) in [6.45, 7) is 5.94. The smallest absolute Gasteiger partial charge is 0.229 e. The van der Waals surface area contributed by atoms with Gasteiger partial charge in [0.1, 0.15) is 0 Å². The molecule has 0 aromatic rings. The minimum absolute atomic E-state index is 0.0358. The molecule has 0 spiro atoms. The van der Waals surface area contributed by atoms with Gasteiger partial charge < -0.3 is 5.32 Å². The highest BCUT2D eigenvalue weighted by Gasteiger charge is 2.38. The number of piperidine rings is 2. The predicted octanol–water partition coefficient (Wildman–Crippen LogP) is 1.16. The average Bonchev–Trinajstić information content (AvgIpc) is 2.29. The van der Waals surface area contributed by atoms with Gasteiger partial charge in [0.05, 0.1) is 6.04 Å². The van der Waals surface area contributed by atoms with E-state index >= 15 is 0 Å². The van der Waals surface area contributed by atoms with Gasteiger partial charge in [-0.2, -0.15) is 0 Å². The van der Waals surface area contributed by atoms with Crippen LogP contribution >= 0.6 is 0 Å². The third kappa shape index (κ3) is 2.68. The van der Waals surface area contributed by atoms with E-state index in [4.69, 9.17) is 0 Å². The van der Waals surface area contributed by atoms with E-state index in [2.05, 4.69) is 19.2 Å². The molecule has 2 fully saturated rings. The van der Waals surface area contributed by atoms with Gasteiger partial charge >= 0.3 is 0 Å². The molecule has 17 heavy (non-hydrogen) atoms. The van der Waals surface area contributed by atoms with Gasteiger partial charge in [-0.1, -0.05) is 13.8 Å². The number of likely N-dealkylation sites (tertiary alicyclic amines) is 1. The number of hydrogen-bond acceptors (Lipinski definition) is 3. The molecule has 4 heteroatoms. The molecule has 0 radical (unpaired) electrons. The van der Waals surface area contributed by atoms with Crippen molar-refractivity contribution in [1.82, 2.24) is 10.2 Å². The maximum atomic E-state index is 12.1. The first-order valence-electron chi connectivity index (χ1n) is 6.65. The summed E-state index contributed by atoms with van der Waals surface area (Å²) < 4.78 is 0. The molecule has 2 aliphatic heterocycles. The van der Waals surface area contributed by atoms with Crippen molar-refractivity contribution in [2.24, 2.45) is 11.8 Å². The SMILES string of the molecule is CC(C)C1CC(=O)N(C2CCCNC2)C(=O)C1. The zero-order valence-corrected chi connectivity index (χ0v) is 10.7. The number of nitrogens with zero attached hydrogens (tertiary/aromatic N) is 1. The van der Waals surface area contributed by atoms with Crippen molar-refractivity contribution in [3.63, 3.8) is 0 Å². The molecule has 1 N–H and O–H groups in total. The van der Waals surface area contributed by atoms with Crippen LogP contribution < -0.4 is 5.32 Å². The average molecular weight is 238 g/mol. The standard InChI is InChI=1S/C13H22N2O2/c1-9(2)10-6-12(16)15(13(17)7-10)11-4-3-5-14-8-11/h9-11,14H,3-8H2,1-2H3. The summed E-state index contributed by atoms with van der Waals surface area (Å²) in [5.41, 5.74) is 0. The number of carbonyl (C=O) groups excluding carboxylic acids is 2. The van der Waals surface area contributed by atoms with Crippen molar-refractivity contribution in [3.8, 4) is 0 Å². The van der Waals surface area contributed by atoms with E-state index in [1.165, 1.54) is 4.90 Å². The van der Waals surface area contributed by atoms with Gasteiger partial charge in [0.15, 0.2) is 0 Å². The molecule has 2 rings (SSSR count). The Kier molecular flexibility index (Phi) is 3.82. The molecule has 1 atom stereocenters. The summed E-state index contributed by atoms with van der Waals surface area (Å²) in [5.74, 6) is 0.722. The molecule has 0 aromatic carbocycles. The zero-order valence-electron chi connectivity index (χ0n) is 10.7. The quantitative estimate of drug-likeness (QED) is 0.734. The van der Waals surface area contributed by atoms with E-state index in [1.54, 1.807) is 0 Å². The van der Waals surface area contributed by atoms with Crippen LogP contribution in [0.1, 0.15) is 39.5 Å². The number of carbonyl (C=O) groups is 2. The number of nitrogens with one attached hydrogen (secondary N) is 1. The van der Waals surface area contributed by atoms with Crippen LogP contribution in [0, 0.1) is 11.8 Å². The van der Waals surface area contributed by atoms with Crippen LogP contribution in [0.4, 0.5) is 0 Å². The summed E-state index contributed by atoms with van der Waals surface area (Å²) >= 11 is 0. The van der Waals surface area contributed by atoms with E-state index in [0.29, 0.717) is 18.8 Å². The number of imide groups is 1. The first kappa shape index (κ1) is 12.6. The van der Waals surface area contributed by atoms with Crippen molar-refractivity contribution < 1.29 is 9.59 Å². The van der Waals surface area contributed by atoms with Gasteiger partial charge in [-0.05, 0) is 31.2 Å². The predicted molar refractivity (Wildman–Crippen MR) is 65.3 cm³/mol. The van der Waals surface area contributed by atoms with Crippen LogP contribution in [-0.4, -0.2) is 35.8 Å². The third-order valence-electron chi connectivity index (χ3n) is 3.99. The monoisotopic (exact) mass is 238 g/mol. The highest BCUT2D eigenvalue weighted by atomic mass is 16.2. The second-order valence-corrected chi connectivity index (χ2v) is 5.57. The lowest BCUT2D eigenvalue weighted by Gasteiger charge is -2.38. The van der Waals surface area contributed by atoms with Crippen molar-refractivity contribution in [1.29, 1.82) is 0 Å². The molecule has 2 amide bonds. The van der Waals surface area contributed by atoms with E-state index in [0.717, 1.165) is 25.9 Å². The van der Waals surface area contributed by atoms with Crippen molar-refractivity contribution in [2.45, 2.75) is 45.6 Å². The summed E-state index contributed by atoms with van der Waals surface area (Å²) in [5, 5.41) is 3.26. The first-order valence-corrected chi connectivity index (χ1v) is 6.65. The molecule has 0 aliphatic carbocycles. The second kappa shape index (κ2) is 5.17. The molecule has 2 saturated heterocycles. The summed E-state index contributed by atoms with van der Waals surface area (Å²) in [6.07, 6.45) is 3.09. The Balaban J connectivity index is 2.04. The molecule has 96 valence electrons. The van der Waals surface area contributed by atoms with E-state index in [9.17, 15) is 9.59 Å². The third-order valence-corrected chi connectivity index (χ3v) is 3.99. The second-order valence-electron chi connectivity index (χ2n) is 5.57. The Morgan fingerprint density at radius 1 is 1.24 bits per heavy atom. The Hall–Kier alpha value is -0.900. The molecule has 0 saturated carbocycles. The Bertz CT molecular complexity index is 291. The maximum absolute atomic E-state index is 12.1. The van der Waals surface area contributed by atoms with E-state index < -0.39 is 0 Å². The van der Waals surface area contributed by atoms with Crippen LogP contribution in [0.2, 0.25) is 0 Å². The van der Waals surface area contributed by atoms with E-state index in [1.807, 2.05) is 0 Å². The summed E-state index contributed by atoms with van der Waals surface area (Å²) in [7, 11) is 0. The lowest BCUT2D eigenvalue weighted by molar-refractivity contribution is -0.154. The van der Waals surface area contributed by atoms with Gasteiger partial charge in [-0.15, -0.1) is 0 Å². The lowest BCUT2D eigenvalue weighted by Crippen LogP contribution is -2.54. The normalized spacial score (nSPS) is 27.9. The molecular formula is C13H22N2O2. The van der Waals surface area contributed by atoms with Gasteiger partial charge in [0.25, 0.3) is 0 Å². The minimum Gasteiger partial charge on any atom is -0.315 e. The maximum Gasteiger partial charge on any atom is 0.229 e. The number of hydrogen-bond donors (Lipinski definition) is 1. The molecule has 4 nitrogen and oxygen atoms in total. The molecular weight excluding hydrogens is 216 g/mol. The summed E-state index contributed by atoms with van der Waals surface area (Å²) in [4.78, 5) is 25.7. The van der Waals surface area contributed by atoms with Crippen molar-refractivity contribution in [2.75, 3.05) is 13.1 Å². The fourth-order valence-corrected chi connectivity index (χ4v) is 2.79. The Morgan fingerprint density at radius 2 is 1.88 bits per heavy atom. The van der Waals surface area contributed by atoms with Crippen LogP contribution in [0.25, 0.3) is 0 Å². The van der Waals surface area contributed by atoms with Gasteiger partial charge in [-0.3, -0.25) is 14.5 Å². The molecule has 0 bridgehead atoms. The number of amides is 2. The topological polar surface area (TPSA) is 49.4 Å². The van der Waals surface area contributed by atoms with Crippen LogP contribution in [0.3, 0.4) is 0 Å². The molecule has 1 unspecified atom stereocenters. The molecule has 2 heterocycles.